The van der Waals surface area contributed by atoms with Gasteiger partial charge in [0.05, 0.1) is 0 Å². The number of rotatable bonds is 0. The normalized spacial score (nSPS) is 32.8. The van der Waals surface area contributed by atoms with Crippen LogP contribution in [0.1, 0.15) is 40.5 Å². The van der Waals surface area contributed by atoms with Gasteiger partial charge < -0.3 is 9.64 Å². The lowest BCUT2D eigenvalue weighted by atomic mass is 9.83. The van der Waals surface area contributed by atoms with Gasteiger partial charge in [-0.05, 0) is 32.1 Å². The van der Waals surface area contributed by atoms with Crippen LogP contribution in [-0.2, 0) is 9.53 Å². The molecule has 0 radical (unpaired) electrons. The highest BCUT2D eigenvalue weighted by atomic mass is 16.6. The van der Waals surface area contributed by atoms with E-state index >= 15 is 0 Å². The largest absolute Gasteiger partial charge is 0.444 e. The van der Waals surface area contributed by atoms with E-state index in [0.717, 1.165) is 0 Å². The fraction of sp³-hybridized carbons (Fsp3) is 0.846. The van der Waals surface area contributed by atoms with Crippen LogP contribution in [0, 0.1) is 11.3 Å². The molecule has 1 aliphatic carbocycles. The standard InChI is InChI=1S/C13H21NO3/c1-12(2,3)17-11(16)14-7-9-5-10(15)6-13(9,4)8-14/h9H,5-8H2,1-4H3/t9-,13+/m1/s1. The number of likely N-dealkylation sites (tertiary alicyclic amines) is 1. The lowest BCUT2D eigenvalue weighted by molar-refractivity contribution is -0.118. The van der Waals surface area contributed by atoms with Crippen LogP contribution in [0.3, 0.4) is 0 Å². The van der Waals surface area contributed by atoms with Crippen molar-refractivity contribution in [2.45, 2.75) is 46.1 Å². The first-order chi connectivity index (χ1) is 7.70. The summed E-state index contributed by atoms with van der Waals surface area (Å²) in [4.78, 5) is 25.1. The van der Waals surface area contributed by atoms with Gasteiger partial charge in [0.2, 0.25) is 0 Å². The van der Waals surface area contributed by atoms with E-state index in [1.54, 1.807) is 4.90 Å². The van der Waals surface area contributed by atoms with Gasteiger partial charge in [-0.2, -0.15) is 0 Å². The Morgan fingerprint density at radius 3 is 2.65 bits per heavy atom. The summed E-state index contributed by atoms with van der Waals surface area (Å²) in [5.74, 6) is 0.656. The van der Waals surface area contributed by atoms with Crippen molar-refractivity contribution in [1.29, 1.82) is 0 Å². The zero-order valence-electron chi connectivity index (χ0n) is 11.1. The van der Waals surface area contributed by atoms with Gasteiger partial charge in [-0.15, -0.1) is 0 Å². The molecule has 0 aromatic carbocycles. The minimum Gasteiger partial charge on any atom is -0.444 e. The van der Waals surface area contributed by atoms with E-state index in [4.69, 9.17) is 4.74 Å². The van der Waals surface area contributed by atoms with E-state index in [-0.39, 0.29) is 11.5 Å². The van der Waals surface area contributed by atoms with Gasteiger partial charge >= 0.3 is 6.09 Å². The Hall–Kier alpha value is -1.06. The number of Topliss-reactive ketones (excluding diaryl/α,β-unsaturated/α-hetero) is 1. The van der Waals surface area contributed by atoms with Crippen LogP contribution in [0.4, 0.5) is 4.79 Å². The smallest absolute Gasteiger partial charge is 0.410 e. The highest BCUT2D eigenvalue weighted by Gasteiger charge is 2.51. The zero-order chi connectivity index (χ0) is 12.8. The number of ether oxygens (including phenoxy) is 1. The van der Waals surface area contributed by atoms with E-state index in [0.29, 0.717) is 37.6 Å². The second-order valence-electron chi connectivity index (χ2n) is 6.63. The molecule has 0 aromatic heterocycles. The van der Waals surface area contributed by atoms with Crippen LogP contribution in [0.5, 0.6) is 0 Å². The summed E-state index contributed by atoms with van der Waals surface area (Å²) in [5, 5.41) is 0. The summed E-state index contributed by atoms with van der Waals surface area (Å²) < 4.78 is 5.36. The molecule has 1 heterocycles. The second kappa shape index (κ2) is 3.72. The Balaban J connectivity index is 2.00. The SMILES string of the molecule is CC(C)(C)OC(=O)N1C[C@H]2CC(=O)C[C@@]2(C)C1. The number of hydrogen-bond donors (Lipinski definition) is 0. The van der Waals surface area contributed by atoms with E-state index in [1.807, 2.05) is 20.8 Å². The van der Waals surface area contributed by atoms with Crippen molar-refractivity contribution in [2.75, 3.05) is 13.1 Å². The molecule has 0 spiro atoms. The lowest BCUT2D eigenvalue weighted by Gasteiger charge is -2.26. The quantitative estimate of drug-likeness (QED) is 0.651. The number of carbonyl (C=O) groups excluding carboxylic acids is 2. The summed E-state index contributed by atoms with van der Waals surface area (Å²) >= 11 is 0. The fourth-order valence-corrected chi connectivity index (χ4v) is 2.89. The molecule has 1 aliphatic heterocycles. The van der Waals surface area contributed by atoms with Gasteiger partial charge in [0.15, 0.2) is 0 Å². The second-order valence-corrected chi connectivity index (χ2v) is 6.63. The molecule has 0 unspecified atom stereocenters. The average Bonchev–Trinajstić information content (AvgIpc) is 2.51. The Morgan fingerprint density at radius 2 is 2.12 bits per heavy atom. The highest BCUT2D eigenvalue weighted by Crippen LogP contribution is 2.46. The number of amides is 1. The summed E-state index contributed by atoms with van der Waals surface area (Å²) in [5.41, 5.74) is -0.473. The summed E-state index contributed by atoms with van der Waals surface area (Å²) in [6.45, 7) is 9.02. The highest BCUT2D eigenvalue weighted by molar-refractivity contribution is 5.83. The molecule has 2 atom stereocenters. The lowest BCUT2D eigenvalue weighted by Crippen LogP contribution is -2.36. The van der Waals surface area contributed by atoms with Crippen LogP contribution < -0.4 is 0 Å². The van der Waals surface area contributed by atoms with Crippen LogP contribution >= 0.6 is 0 Å². The molecule has 0 N–H and O–H groups in total. The van der Waals surface area contributed by atoms with Crippen molar-refractivity contribution in [1.82, 2.24) is 4.90 Å². The molecular formula is C13H21NO3. The van der Waals surface area contributed by atoms with Gasteiger partial charge in [-0.1, -0.05) is 6.92 Å². The van der Waals surface area contributed by atoms with E-state index in [1.165, 1.54) is 0 Å². The Morgan fingerprint density at radius 1 is 1.47 bits per heavy atom. The molecular weight excluding hydrogens is 218 g/mol. The van der Waals surface area contributed by atoms with Crippen molar-refractivity contribution >= 4 is 11.9 Å². The Labute approximate surface area is 102 Å². The molecule has 17 heavy (non-hydrogen) atoms. The predicted molar refractivity (Wildman–Crippen MR) is 63.6 cm³/mol. The number of fused-ring (bicyclic) bond motifs is 1. The molecule has 2 fully saturated rings. The number of ketones is 1. The molecule has 96 valence electrons. The van der Waals surface area contributed by atoms with Crippen LogP contribution in [0.2, 0.25) is 0 Å². The maximum atomic E-state index is 11.9. The minimum atomic E-state index is -0.453. The molecule has 0 bridgehead atoms. The van der Waals surface area contributed by atoms with Crippen molar-refractivity contribution in [2.24, 2.45) is 11.3 Å². The maximum absolute atomic E-state index is 11.9. The number of hydrogen-bond acceptors (Lipinski definition) is 3. The maximum Gasteiger partial charge on any atom is 0.410 e. The van der Waals surface area contributed by atoms with Gasteiger partial charge in [-0.3, -0.25) is 4.79 Å². The minimum absolute atomic E-state index is 0.0199. The summed E-state index contributed by atoms with van der Waals surface area (Å²) in [6, 6.07) is 0. The molecule has 1 amide bonds. The number of carbonyl (C=O) groups is 2. The first-order valence-corrected chi connectivity index (χ1v) is 6.19. The molecule has 4 heteroatoms. The predicted octanol–water partition coefficient (Wildman–Crippen LogP) is 2.22. The van der Waals surface area contributed by atoms with Crippen LogP contribution in [0.25, 0.3) is 0 Å². The summed E-state index contributed by atoms with van der Waals surface area (Å²) in [7, 11) is 0. The Bertz CT molecular complexity index is 358. The third kappa shape index (κ3) is 2.45. The van der Waals surface area contributed by atoms with Crippen molar-refractivity contribution in [3.05, 3.63) is 0 Å². The average molecular weight is 239 g/mol. The van der Waals surface area contributed by atoms with E-state index in [9.17, 15) is 9.59 Å². The molecule has 2 aliphatic rings. The third-order valence-electron chi connectivity index (χ3n) is 3.71. The van der Waals surface area contributed by atoms with Gasteiger partial charge in [-0.25, -0.2) is 4.79 Å². The molecule has 4 nitrogen and oxygen atoms in total. The van der Waals surface area contributed by atoms with Crippen molar-refractivity contribution in [3.8, 4) is 0 Å². The topological polar surface area (TPSA) is 46.6 Å². The van der Waals surface area contributed by atoms with E-state index in [2.05, 4.69) is 6.92 Å². The summed E-state index contributed by atoms with van der Waals surface area (Å²) in [6.07, 6.45) is 0.979. The van der Waals surface area contributed by atoms with Crippen molar-refractivity contribution in [3.63, 3.8) is 0 Å². The fourth-order valence-electron chi connectivity index (χ4n) is 2.89. The molecule has 0 aromatic rings. The van der Waals surface area contributed by atoms with Crippen molar-refractivity contribution < 1.29 is 14.3 Å². The first kappa shape index (κ1) is 12.4. The molecule has 1 saturated carbocycles. The Kier molecular flexibility index (Phi) is 2.71. The van der Waals surface area contributed by atoms with Gasteiger partial charge in [0.25, 0.3) is 0 Å². The van der Waals surface area contributed by atoms with Gasteiger partial charge in [0.1, 0.15) is 11.4 Å². The number of nitrogens with zero attached hydrogens (tertiary/aromatic N) is 1. The van der Waals surface area contributed by atoms with Gasteiger partial charge in [0, 0.05) is 25.9 Å². The molecule has 1 saturated heterocycles. The van der Waals surface area contributed by atoms with E-state index < -0.39 is 5.60 Å². The first-order valence-electron chi connectivity index (χ1n) is 6.19. The van der Waals surface area contributed by atoms with Crippen LogP contribution in [-0.4, -0.2) is 35.5 Å². The molecule has 2 rings (SSSR count). The monoisotopic (exact) mass is 239 g/mol. The third-order valence-corrected chi connectivity index (χ3v) is 3.71. The van der Waals surface area contributed by atoms with Crippen LogP contribution in [0.15, 0.2) is 0 Å². The zero-order valence-corrected chi connectivity index (χ0v) is 11.1.